The van der Waals surface area contributed by atoms with Crippen molar-refractivity contribution >= 4 is 11.5 Å². The molecule has 0 aliphatic carbocycles. The van der Waals surface area contributed by atoms with E-state index in [9.17, 15) is 0 Å². The molecule has 0 aliphatic rings. The zero-order valence-electron chi connectivity index (χ0n) is 6.97. The highest BCUT2D eigenvalue weighted by Gasteiger charge is 2.08. The van der Waals surface area contributed by atoms with Crippen LogP contribution < -0.4 is 10.7 Å². The minimum atomic E-state index is 0.439. The predicted octanol–water partition coefficient (Wildman–Crippen LogP) is -0.689. The molecule has 0 aromatic carbocycles. The first-order chi connectivity index (χ1) is 5.70. The van der Waals surface area contributed by atoms with Crippen molar-refractivity contribution in [2.45, 2.75) is 0 Å². The molecule has 0 aliphatic heterocycles. The molecule has 0 amide bonds. The Morgan fingerprint density at radius 2 is 2.17 bits per heavy atom. The van der Waals surface area contributed by atoms with E-state index >= 15 is 0 Å². The molecule has 0 saturated heterocycles. The SMILES string of the molecule is CN(C)n1ccn2nnc(N)c12. The maximum absolute atomic E-state index is 5.62. The van der Waals surface area contributed by atoms with Crippen LogP contribution in [0.3, 0.4) is 0 Å². The van der Waals surface area contributed by atoms with Crippen molar-refractivity contribution in [1.82, 2.24) is 19.5 Å². The molecule has 6 heteroatoms. The summed E-state index contributed by atoms with van der Waals surface area (Å²) in [6.07, 6.45) is 3.68. The first-order valence-corrected chi connectivity index (χ1v) is 3.55. The summed E-state index contributed by atoms with van der Waals surface area (Å²) in [4.78, 5) is 0. The fourth-order valence-corrected chi connectivity index (χ4v) is 1.14. The summed E-state index contributed by atoms with van der Waals surface area (Å²) in [5.74, 6) is 0.439. The summed E-state index contributed by atoms with van der Waals surface area (Å²) in [5, 5.41) is 9.46. The van der Waals surface area contributed by atoms with E-state index in [0.29, 0.717) is 5.82 Å². The lowest BCUT2D eigenvalue weighted by molar-refractivity contribution is 0.755. The molecule has 12 heavy (non-hydrogen) atoms. The van der Waals surface area contributed by atoms with Crippen molar-refractivity contribution in [3.63, 3.8) is 0 Å². The molecule has 0 spiro atoms. The van der Waals surface area contributed by atoms with E-state index in [4.69, 9.17) is 5.73 Å². The third kappa shape index (κ3) is 0.744. The summed E-state index contributed by atoms with van der Waals surface area (Å²) in [7, 11) is 3.85. The smallest absolute Gasteiger partial charge is 0.199 e. The second-order valence-electron chi connectivity index (χ2n) is 2.73. The van der Waals surface area contributed by atoms with Gasteiger partial charge in [0.1, 0.15) is 0 Å². The zero-order chi connectivity index (χ0) is 8.72. The maximum atomic E-state index is 5.62. The average molecular weight is 166 g/mol. The first kappa shape index (κ1) is 6.96. The maximum Gasteiger partial charge on any atom is 0.199 e. The van der Waals surface area contributed by atoms with Crippen LogP contribution in [0.5, 0.6) is 0 Å². The van der Waals surface area contributed by atoms with E-state index in [1.807, 2.05) is 30.0 Å². The van der Waals surface area contributed by atoms with Crippen LogP contribution >= 0.6 is 0 Å². The molecule has 2 rings (SSSR count). The molecule has 2 heterocycles. The van der Waals surface area contributed by atoms with Crippen molar-refractivity contribution < 1.29 is 0 Å². The average Bonchev–Trinajstić information content (AvgIpc) is 2.53. The number of anilines is 1. The predicted molar refractivity (Wildman–Crippen MR) is 45.5 cm³/mol. The summed E-state index contributed by atoms with van der Waals surface area (Å²) in [5.41, 5.74) is 6.41. The number of fused-ring (bicyclic) bond motifs is 1. The lowest BCUT2D eigenvalue weighted by Crippen LogP contribution is -2.23. The second-order valence-corrected chi connectivity index (χ2v) is 2.73. The van der Waals surface area contributed by atoms with Gasteiger partial charge in [-0.15, -0.1) is 5.10 Å². The highest BCUT2D eigenvalue weighted by Crippen LogP contribution is 2.09. The van der Waals surface area contributed by atoms with Crippen LogP contribution in [0, 0.1) is 0 Å². The lowest BCUT2D eigenvalue weighted by atomic mass is 10.7. The largest absolute Gasteiger partial charge is 0.379 e. The Labute approximate surface area is 69.1 Å². The highest BCUT2D eigenvalue weighted by molar-refractivity contribution is 5.59. The number of rotatable bonds is 1. The van der Waals surface area contributed by atoms with Crippen LogP contribution in [0.2, 0.25) is 0 Å². The van der Waals surface area contributed by atoms with Crippen molar-refractivity contribution in [3.8, 4) is 0 Å². The summed E-state index contributed by atoms with van der Waals surface area (Å²) < 4.78 is 3.50. The Bertz CT molecular complexity index is 397. The molecule has 2 aromatic rings. The molecule has 0 bridgehead atoms. The van der Waals surface area contributed by atoms with E-state index in [2.05, 4.69) is 10.3 Å². The van der Waals surface area contributed by atoms with Gasteiger partial charge in [-0.05, 0) is 0 Å². The topological polar surface area (TPSA) is 64.4 Å². The fourth-order valence-electron chi connectivity index (χ4n) is 1.14. The Morgan fingerprint density at radius 3 is 2.83 bits per heavy atom. The molecule has 0 atom stereocenters. The third-order valence-corrected chi connectivity index (χ3v) is 1.69. The third-order valence-electron chi connectivity index (χ3n) is 1.69. The summed E-state index contributed by atoms with van der Waals surface area (Å²) in [6.45, 7) is 0. The van der Waals surface area contributed by atoms with E-state index in [0.717, 1.165) is 5.65 Å². The van der Waals surface area contributed by atoms with E-state index in [1.54, 1.807) is 10.7 Å². The Hall–Kier alpha value is -1.72. The standard InChI is InChI=1S/C6H10N6/c1-10(2)12-4-3-11-6(12)5(7)8-9-11/h3-4H,7H2,1-2H3. The molecule has 6 nitrogen and oxygen atoms in total. The van der Waals surface area contributed by atoms with Gasteiger partial charge in [0.2, 0.25) is 0 Å². The van der Waals surface area contributed by atoms with E-state index in [1.165, 1.54) is 0 Å². The van der Waals surface area contributed by atoms with Crippen LogP contribution in [-0.4, -0.2) is 33.6 Å². The van der Waals surface area contributed by atoms with Gasteiger partial charge in [-0.2, -0.15) is 4.52 Å². The van der Waals surface area contributed by atoms with Gasteiger partial charge in [0.15, 0.2) is 11.5 Å². The number of imidazole rings is 1. The lowest BCUT2D eigenvalue weighted by Gasteiger charge is -2.13. The molecule has 2 aromatic heterocycles. The first-order valence-electron chi connectivity index (χ1n) is 3.55. The van der Waals surface area contributed by atoms with Crippen molar-refractivity contribution in [1.29, 1.82) is 0 Å². The van der Waals surface area contributed by atoms with Gasteiger partial charge in [-0.3, -0.25) is 0 Å². The van der Waals surface area contributed by atoms with E-state index < -0.39 is 0 Å². The van der Waals surface area contributed by atoms with Crippen LogP contribution in [0.15, 0.2) is 12.4 Å². The minimum Gasteiger partial charge on any atom is -0.379 e. The molecule has 64 valence electrons. The van der Waals surface area contributed by atoms with Crippen LogP contribution in [0.1, 0.15) is 0 Å². The van der Waals surface area contributed by atoms with Gasteiger partial charge in [-0.1, -0.05) is 5.21 Å². The monoisotopic (exact) mass is 166 g/mol. The number of aromatic nitrogens is 4. The summed E-state index contributed by atoms with van der Waals surface area (Å²) >= 11 is 0. The Morgan fingerprint density at radius 1 is 1.42 bits per heavy atom. The van der Waals surface area contributed by atoms with Gasteiger partial charge < -0.3 is 10.7 Å². The zero-order valence-corrected chi connectivity index (χ0v) is 6.97. The fraction of sp³-hybridized carbons (Fsp3) is 0.333. The number of nitrogen functional groups attached to an aromatic ring is 1. The second kappa shape index (κ2) is 2.13. The molecule has 0 unspecified atom stereocenters. The number of nitrogens with two attached hydrogens (primary N) is 1. The van der Waals surface area contributed by atoms with Gasteiger partial charge in [0.05, 0.1) is 6.20 Å². The van der Waals surface area contributed by atoms with Crippen LogP contribution in [0.4, 0.5) is 5.82 Å². The summed E-state index contributed by atoms with van der Waals surface area (Å²) in [6, 6.07) is 0. The van der Waals surface area contributed by atoms with Gasteiger partial charge in [-0.25, -0.2) is 4.68 Å². The number of hydrogen-bond acceptors (Lipinski definition) is 4. The van der Waals surface area contributed by atoms with Crippen LogP contribution in [-0.2, 0) is 0 Å². The molecular formula is C6H10N6. The number of hydrogen-bond donors (Lipinski definition) is 1. The molecule has 2 N–H and O–H groups in total. The quantitative estimate of drug-likeness (QED) is 0.609. The highest BCUT2D eigenvalue weighted by atomic mass is 15.6. The van der Waals surface area contributed by atoms with Gasteiger partial charge in [0, 0.05) is 20.3 Å². The minimum absolute atomic E-state index is 0.439. The van der Waals surface area contributed by atoms with Crippen molar-refractivity contribution in [2.24, 2.45) is 0 Å². The molecule has 0 radical (unpaired) electrons. The van der Waals surface area contributed by atoms with Gasteiger partial charge in [0.25, 0.3) is 0 Å². The van der Waals surface area contributed by atoms with Gasteiger partial charge >= 0.3 is 0 Å². The van der Waals surface area contributed by atoms with Crippen molar-refractivity contribution in [2.75, 3.05) is 24.8 Å². The normalized spacial score (nSPS) is 10.8. The Balaban J connectivity index is 2.75. The number of nitrogens with zero attached hydrogens (tertiary/aromatic N) is 5. The Kier molecular flexibility index (Phi) is 1.24. The molecule has 0 fully saturated rings. The molecular weight excluding hydrogens is 156 g/mol. The molecule has 0 saturated carbocycles. The van der Waals surface area contributed by atoms with Crippen molar-refractivity contribution in [3.05, 3.63) is 12.4 Å². The van der Waals surface area contributed by atoms with Crippen LogP contribution in [0.25, 0.3) is 5.65 Å². The van der Waals surface area contributed by atoms with E-state index in [-0.39, 0.29) is 0 Å².